The Balaban J connectivity index is 2.01. The van der Waals surface area contributed by atoms with Gasteiger partial charge in [0.15, 0.2) is 0 Å². The fraction of sp³-hybridized carbons (Fsp3) is 0.381. The van der Waals surface area contributed by atoms with Gasteiger partial charge in [0.1, 0.15) is 5.60 Å². The molecule has 2 rings (SSSR count). The van der Waals surface area contributed by atoms with E-state index >= 15 is 0 Å². The van der Waals surface area contributed by atoms with Crippen molar-refractivity contribution >= 4 is 16.9 Å². The average molecular weight is 374 g/mol. The molecular formula is C21H27NO3S. The van der Waals surface area contributed by atoms with E-state index in [1.165, 1.54) is 0 Å². The molecule has 0 heterocycles. The molecule has 0 aliphatic heterocycles. The predicted molar refractivity (Wildman–Crippen MR) is 106 cm³/mol. The fourth-order valence-electron chi connectivity index (χ4n) is 2.57. The zero-order valence-corrected chi connectivity index (χ0v) is 16.4. The SMILES string of the molecule is CC(C)(C)OC(=O)N[C@@H](Cc1ccccc1)C[S@@](=O)Cc1ccccc1. The van der Waals surface area contributed by atoms with E-state index in [0.29, 0.717) is 17.9 Å². The van der Waals surface area contributed by atoms with E-state index < -0.39 is 22.5 Å². The molecule has 2 aromatic rings. The highest BCUT2D eigenvalue weighted by Gasteiger charge is 2.21. The van der Waals surface area contributed by atoms with Gasteiger partial charge in [-0.2, -0.15) is 0 Å². The zero-order valence-electron chi connectivity index (χ0n) is 15.6. The van der Waals surface area contributed by atoms with E-state index in [4.69, 9.17) is 4.74 Å². The van der Waals surface area contributed by atoms with Gasteiger partial charge in [0.05, 0.1) is 0 Å². The van der Waals surface area contributed by atoms with Gasteiger partial charge in [-0.25, -0.2) is 4.79 Å². The monoisotopic (exact) mass is 373 g/mol. The normalized spacial score (nSPS) is 13.7. The number of nitrogens with one attached hydrogen (secondary N) is 1. The summed E-state index contributed by atoms with van der Waals surface area (Å²) in [5, 5.41) is 2.88. The molecule has 4 nitrogen and oxygen atoms in total. The lowest BCUT2D eigenvalue weighted by Gasteiger charge is -2.23. The van der Waals surface area contributed by atoms with Gasteiger partial charge in [-0.3, -0.25) is 4.21 Å². The molecule has 2 aromatic carbocycles. The van der Waals surface area contributed by atoms with Gasteiger partial charge in [-0.05, 0) is 38.3 Å². The van der Waals surface area contributed by atoms with Crippen LogP contribution >= 0.6 is 0 Å². The summed E-state index contributed by atoms with van der Waals surface area (Å²) in [6, 6.07) is 19.4. The minimum atomic E-state index is -1.08. The molecule has 0 bridgehead atoms. The van der Waals surface area contributed by atoms with Gasteiger partial charge in [-0.15, -0.1) is 0 Å². The zero-order chi connectivity index (χ0) is 19.0. The number of carbonyl (C=O) groups is 1. The van der Waals surface area contributed by atoms with Crippen molar-refractivity contribution in [2.75, 3.05) is 5.75 Å². The molecule has 0 aromatic heterocycles. The maximum atomic E-state index is 12.6. The first-order chi connectivity index (χ1) is 12.3. The third-order valence-electron chi connectivity index (χ3n) is 3.60. The Morgan fingerprint density at radius 2 is 1.54 bits per heavy atom. The van der Waals surface area contributed by atoms with Crippen LogP contribution < -0.4 is 5.32 Å². The van der Waals surface area contributed by atoms with Crippen molar-refractivity contribution in [1.82, 2.24) is 5.32 Å². The van der Waals surface area contributed by atoms with Crippen LogP contribution in [0.3, 0.4) is 0 Å². The van der Waals surface area contributed by atoms with Gasteiger partial charge >= 0.3 is 6.09 Å². The average Bonchev–Trinajstić information content (AvgIpc) is 2.54. The van der Waals surface area contributed by atoms with E-state index in [1.54, 1.807) is 0 Å². The largest absolute Gasteiger partial charge is 0.444 e. The van der Waals surface area contributed by atoms with Crippen LogP contribution in [0.2, 0.25) is 0 Å². The number of alkyl carbamates (subject to hydrolysis) is 1. The molecule has 0 aliphatic carbocycles. The van der Waals surface area contributed by atoms with Crippen LogP contribution in [0.1, 0.15) is 31.9 Å². The standard InChI is InChI=1S/C21H27NO3S/c1-21(2,3)25-20(23)22-19(14-17-10-6-4-7-11-17)16-26(24)15-18-12-8-5-9-13-18/h4-13,19H,14-16H2,1-3H3,(H,22,23)/t19-,26-/m0/s1. The number of ether oxygens (including phenoxy) is 1. The maximum Gasteiger partial charge on any atom is 0.407 e. The summed E-state index contributed by atoms with van der Waals surface area (Å²) in [5.74, 6) is 0.852. The Labute approximate surface area is 158 Å². The molecule has 0 fully saturated rings. The Morgan fingerprint density at radius 1 is 1.00 bits per heavy atom. The highest BCUT2D eigenvalue weighted by molar-refractivity contribution is 7.84. The molecule has 0 spiro atoms. The van der Waals surface area contributed by atoms with Crippen LogP contribution in [0.25, 0.3) is 0 Å². The van der Waals surface area contributed by atoms with E-state index in [0.717, 1.165) is 11.1 Å². The molecule has 1 amide bonds. The van der Waals surface area contributed by atoms with Crippen molar-refractivity contribution in [3.8, 4) is 0 Å². The number of hydrogen-bond acceptors (Lipinski definition) is 3. The lowest BCUT2D eigenvalue weighted by Crippen LogP contribution is -2.43. The van der Waals surface area contributed by atoms with Crippen molar-refractivity contribution in [1.29, 1.82) is 0 Å². The van der Waals surface area contributed by atoms with Gasteiger partial charge in [0.2, 0.25) is 0 Å². The van der Waals surface area contributed by atoms with Gasteiger partial charge < -0.3 is 10.1 Å². The first-order valence-electron chi connectivity index (χ1n) is 8.74. The summed E-state index contributed by atoms with van der Waals surface area (Å²) in [6.45, 7) is 5.48. The lowest BCUT2D eigenvalue weighted by molar-refractivity contribution is 0.0509. The van der Waals surface area contributed by atoms with Crippen LogP contribution in [-0.2, 0) is 27.7 Å². The fourth-order valence-corrected chi connectivity index (χ4v) is 3.90. The minimum absolute atomic E-state index is 0.253. The van der Waals surface area contributed by atoms with Crippen molar-refractivity contribution in [3.05, 3.63) is 71.8 Å². The second-order valence-corrected chi connectivity index (χ2v) is 8.77. The molecule has 0 unspecified atom stereocenters. The molecule has 26 heavy (non-hydrogen) atoms. The smallest absolute Gasteiger partial charge is 0.407 e. The van der Waals surface area contributed by atoms with Crippen molar-refractivity contribution in [2.45, 2.75) is 44.6 Å². The van der Waals surface area contributed by atoms with Gasteiger partial charge in [-0.1, -0.05) is 60.7 Å². The van der Waals surface area contributed by atoms with Crippen LogP contribution in [-0.4, -0.2) is 27.7 Å². The second-order valence-electron chi connectivity index (χ2n) is 7.27. The quantitative estimate of drug-likeness (QED) is 0.796. The first-order valence-corrected chi connectivity index (χ1v) is 10.2. The Bertz CT molecular complexity index is 711. The first kappa shape index (κ1) is 20.2. The van der Waals surface area contributed by atoms with Crippen LogP contribution in [0, 0.1) is 0 Å². The van der Waals surface area contributed by atoms with Crippen molar-refractivity contribution < 1.29 is 13.7 Å². The highest BCUT2D eigenvalue weighted by atomic mass is 32.2. The number of hydrogen-bond donors (Lipinski definition) is 1. The highest BCUT2D eigenvalue weighted by Crippen LogP contribution is 2.11. The summed E-state index contributed by atoms with van der Waals surface area (Å²) in [5.41, 5.74) is 1.55. The molecular weight excluding hydrogens is 346 g/mol. The Hall–Kier alpha value is -2.14. The lowest BCUT2D eigenvalue weighted by atomic mass is 10.1. The van der Waals surface area contributed by atoms with E-state index in [-0.39, 0.29) is 6.04 Å². The van der Waals surface area contributed by atoms with Crippen LogP contribution in [0.15, 0.2) is 60.7 Å². The van der Waals surface area contributed by atoms with Crippen LogP contribution in [0.4, 0.5) is 4.79 Å². The number of carbonyl (C=O) groups excluding carboxylic acids is 1. The molecule has 0 radical (unpaired) electrons. The van der Waals surface area contributed by atoms with Crippen molar-refractivity contribution in [3.63, 3.8) is 0 Å². The Morgan fingerprint density at radius 3 is 2.08 bits per heavy atom. The molecule has 2 atom stereocenters. The molecule has 0 saturated heterocycles. The minimum Gasteiger partial charge on any atom is -0.444 e. The number of amides is 1. The summed E-state index contributed by atoms with van der Waals surface area (Å²) in [4.78, 5) is 12.2. The number of rotatable bonds is 7. The van der Waals surface area contributed by atoms with E-state index in [1.807, 2.05) is 81.4 Å². The molecule has 1 N–H and O–H groups in total. The molecule has 0 saturated carbocycles. The third-order valence-corrected chi connectivity index (χ3v) is 5.03. The molecule has 0 aliphatic rings. The van der Waals surface area contributed by atoms with Gasteiger partial charge in [0.25, 0.3) is 0 Å². The summed E-state index contributed by atoms with van der Waals surface area (Å²) in [6.07, 6.45) is 0.135. The second kappa shape index (κ2) is 9.53. The molecule has 5 heteroatoms. The van der Waals surface area contributed by atoms with E-state index in [2.05, 4.69) is 5.32 Å². The van der Waals surface area contributed by atoms with E-state index in [9.17, 15) is 9.00 Å². The summed E-state index contributed by atoms with van der Waals surface area (Å²) >= 11 is 0. The summed E-state index contributed by atoms with van der Waals surface area (Å²) in [7, 11) is -1.08. The number of benzene rings is 2. The van der Waals surface area contributed by atoms with Crippen molar-refractivity contribution in [2.24, 2.45) is 0 Å². The Kier molecular flexibility index (Phi) is 7.39. The summed E-state index contributed by atoms with van der Waals surface area (Å²) < 4.78 is 18.0. The maximum absolute atomic E-state index is 12.6. The van der Waals surface area contributed by atoms with Crippen LogP contribution in [0.5, 0.6) is 0 Å². The van der Waals surface area contributed by atoms with Gasteiger partial charge in [0, 0.05) is 28.3 Å². The topological polar surface area (TPSA) is 55.4 Å². The predicted octanol–water partition coefficient (Wildman–Crippen LogP) is 4.07. The third kappa shape index (κ3) is 7.83. The molecule has 140 valence electrons.